The van der Waals surface area contributed by atoms with E-state index in [1.807, 2.05) is 18.2 Å². The maximum atomic E-state index is 14.2. The Morgan fingerprint density at radius 1 is 1.10 bits per heavy atom. The molecule has 0 radical (unpaired) electrons. The normalized spacial score (nSPS) is 19.6. The van der Waals surface area contributed by atoms with Crippen LogP contribution in [0.1, 0.15) is 17.9 Å². The van der Waals surface area contributed by atoms with Gasteiger partial charge in [0.1, 0.15) is 29.0 Å². The lowest BCUT2D eigenvalue weighted by atomic mass is 9.98. The van der Waals surface area contributed by atoms with Crippen LogP contribution in [0.25, 0.3) is 0 Å². The van der Waals surface area contributed by atoms with Gasteiger partial charge in [0.15, 0.2) is 0 Å². The number of halogens is 1. The summed E-state index contributed by atoms with van der Waals surface area (Å²) in [5, 5.41) is 3.02. The summed E-state index contributed by atoms with van der Waals surface area (Å²) in [6.07, 6.45) is 0.566. The van der Waals surface area contributed by atoms with Gasteiger partial charge in [0.2, 0.25) is 5.91 Å². The molecule has 0 spiro atoms. The fourth-order valence-corrected chi connectivity index (χ4v) is 3.95. The van der Waals surface area contributed by atoms with Crippen molar-refractivity contribution in [1.82, 2.24) is 10.9 Å². The topological polar surface area (TPSA) is 74.9 Å². The van der Waals surface area contributed by atoms with Crippen molar-refractivity contribution in [3.8, 4) is 11.5 Å². The maximum absolute atomic E-state index is 14.2. The maximum Gasteiger partial charge on any atom is 0.249 e. The van der Waals surface area contributed by atoms with Crippen molar-refractivity contribution in [2.45, 2.75) is 18.4 Å². The lowest BCUT2D eigenvalue weighted by Gasteiger charge is -2.21. The second kappa shape index (κ2) is 8.26. The molecule has 2 heterocycles. The summed E-state index contributed by atoms with van der Waals surface area (Å²) in [5.41, 5.74) is 8.34. The second-order valence-electron chi connectivity index (χ2n) is 7.18. The SMILES string of the molecule is COc1cc(N2CCC(Nc3c(F)cccc3OC)C2=O)ccc1C1CNNC1. The van der Waals surface area contributed by atoms with Crippen LogP contribution >= 0.6 is 0 Å². The van der Waals surface area contributed by atoms with E-state index in [-0.39, 0.29) is 11.6 Å². The van der Waals surface area contributed by atoms with E-state index in [9.17, 15) is 9.18 Å². The highest BCUT2D eigenvalue weighted by Gasteiger charge is 2.34. The molecule has 4 rings (SSSR count). The minimum absolute atomic E-state index is 0.102. The lowest BCUT2D eigenvalue weighted by molar-refractivity contribution is -0.117. The highest BCUT2D eigenvalue weighted by atomic mass is 19.1. The number of carbonyl (C=O) groups is 1. The first kappa shape index (κ1) is 19.5. The average Bonchev–Trinajstić information content (AvgIpc) is 3.39. The van der Waals surface area contributed by atoms with E-state index in [1.165, 1.54) is 13.2 Å². The predicted octanol–water partition coefficient (Wildman–Crippen LogP) is 2.25. The van der Waals surface area contributed by atoms with Crippen LogP contribution in [0, 0.1) is 5.82 Å². The number of anilines is 2. The van der Waals surface area contributed by atoms with Gasteiger partial charge in [-0.25, -0.2) is 4.39 Å². The number of carbonyl (C=O) groups excluding carboxylic acids is 1. The molecule has 2 aliphatic rings. The predicted molar refractivity (Wildman–Crippen MR) is 109 cm³/mol. The summed E-state index contributed by atoms with van der Waals surface area (Å²) in [6, 6.07) is 9.93. The average molecular weight is 400 g/mol. The number of amides is 1. The first-order chi connectivity index (χ1) is 14.1. The highest BCUT2D eigenvalue weighted by molar-refractivity contribution is 6.01. The van der Waals surface area contributed by atoms with E-state index in [2.05, 4.69) is 16.2 Å². The largest absolute Gasteiger partial charge is 0.496 e. The fourth-order valence-electron chi connectivity index (χ4n) is 3.95. The minimum atomic E-state index is -0.519. The molecule has 1 atom stereocenters. The van der Waals surface area contributed by atoms with Crippen molar-refractivity contribution >= 4 is 17.3 Å². The summed E-state index contributed by atoms with van der Waals surface area (Å²) in [5.74, 6) is 0.907. The molecule has 3 N–H and O–H groups in total. The van der Waals surface area contributed by atoms with Gasteiger partial charge in [-0.15, -0.1) is 0 Å². The molecule has 2 aromatic carbocycles. The third-order valence-corrected chi connectivity index (χ3v) is 5.51. The molecule has 7 nitrogen and oxygen atoms in total. The summed E-state index contributed by atoms with van der Waals surface area (Å²) in [4.78, 5) is 14.7. The quantitative estimate of drug-likeness (QED) is 0.691. The van der Waals surface area contributed by atoms with Gasteiger partial charge in [-0.2, -0.15) is 0 Å². The Morgan fingerprint density at radius 2 is 1.86 bits per heavy atom. The van der Waals surface area contributed by atoms with E-state index >= 15 is 0 Å². The fraction of sp³-hybridized carbons (Fsp3) is 0.381. The number of hydrazine groups is 1. The number of hydrogen-bond donors (Lipinski definition) is 3. The second-order valence-corrected chi connectivity index (χ2v) is 7.18. The zero-order valence-electron chi connectivity index (χ0n) is 16.5. The van der Waals surface area contributed by atoms with Crippen molar-refractivity contribution in [3.05, 3.63) is 47.8 Å². The first-order valence-electron chi connectivity index (χ1n) is 9.66. The number of rotatable bonds is 6. The molecule has 1 unspecified atom stereocenters. The number of hydrogen-bond acceptors (Lipinski definition) is 6. The van der Waals surface area contributed by atoms with E-state index in [4.69, 9.17) is 9.47 Å². The smallest absolute Gasteiger partial charge is 0.249 e. The summed E-state index contributed by atoms with van der Waals surface area (Å²) in [6.45, 7) is 2.20. The van der Waals surface area contributed by atoms with Gasteiger partial charge in [-0.1, -0.05) is 12.1 Å². The van der Waals surface area contributed by atoms with Crippen molar-refractivity contribution in [2.24, 2.45) is 0 Å². The molecule has 2 saturated heterocycles. The van der Waals surface area contributed by atoms with Crippen molar-refractivity contribution in [2.75, 3.05) is 44.1 Å². The molecule has 2 fully saturated rings. The standard InChI is InChI=1S/C21H25FN4O3/c1-28-18-5-3-4-16(22)20(18)25-17-8-9-26(21(17)27)14-6-7-15(19(10-14)29-2)13-11-23-24-12-13/h3-7,10,13,17,23-25H,8-9,11-12H2,1-2H3. The Bertz CT molecular complexity index is 901. The highest BCUT2D eigenvalue weighted by Crippen LogP contribution is 2.34. The molecule has 8 heteroatoms. The van der Waals surface area contributed by atoms with Gasteiger partial charge < -0.3 is 19.7 Å². The third-order valence-electron chi connectivity index (χ3n) is 5.51. The summed E-state index contributed by atoms with van der Waals surface area (Å²) >= 11 is 0. The minimum Gasteiger partial charge on any atom is -0.496 e. The number of para-hydroxylation sites is 1. The molecule has 0 bridgehead atoms. The Hall–Kier alpha value is -2.84. The van der Waals surface area contributed by atoms with E-state index < -0.39 is 11.9 Å². The van der Waals surface area contributed by atoms with Crippen LogP contribution in [0.4, 0.5) is 15.8 Å². The van der Waals surface area contributed by atoms with Crippen molar-refractivity contribution in [1.29, 1.82) is 0 Å². The van der Waals surface area contributed by atoms with Crippen LogP contribution in [0.2, 0.25) is 0 Å². The monoisotopic (exact) mass is 400 g/mol. The number of nitrogens with one attached hydrogen (secondary N) is 3. The van der Waals surface area contributed by atoms with Crippen molar-refractivity contribution in [3.63, 3.8) is 0 Å². The Labute approximate surface area is 169 Å². The summed E-state index contributed by atoms with van der Waals surface area (Å²) in [7, 11) is 3.12. The van der Waals surface area contributed by atoms with Crippen LogP contribution in [0.5, 0.6) is 11.5 Å². The molecule has 29 heavy (non-hydrogen) atoms. The molecule has 0 saturated carbocycles. The Kier molecular flexibility index (Phi) is 5.55. The van der Waals surface area contributed by atoms with Crippen LogP contribution in [-0.4, -0.2) is 45.8 Å². The Morgan fingerprint density at radius 3 is 2.59 bits per heavy atom. The van der Waals surface area contributed by atoms with E-state index in [0.29, 0.717) is 24.6 Å². The van der Waals surface area contributed by atoms with Crippen LogP contribution in [0.15, 0.2) is 36.4 Å². The van der Waals surface area contributed by atoms with Gasteiger partial charge in [0.25, 0.3) is 0 Å². The summed E-state index contributed by atoms with van der Waals surface area (Å²) < 4.78 is 25.0. The van der Waals surface area contributed by atoms with Gasteiger partial charge in [0.05, 0.1) is 14.2 Å². The van der Waals surface area contributed by atoms with E-state index in [0.717, 1.165) is 30.1 Å². The molecule has 0 aromatic heterocycles. The zero-order valence-corrected chi connectivity index (χ0v) is 16.5. The number of ether oxygens (including phenoxy) is 2. The number of nitrogens with zero attached hydrogens (tertiary/aromatic N) is 1. The zero-order chi connectivity index (χ0) is 20.4. The number of benzene rings is 2. The van der Waals surface area contributed by atoms with Gasteiger partial charge in [-0.05, 0) is 30.2 Å². The molecule has 2 aliphatic heterocycles. The lowest BCUT2D eigenvalue weighted by Crippen LogP contribution is -2.33. The molecular weight excluding hydrogens is 375 g/mol. The molecule has 2 aromatic rings. The molecule has 0 aliphatic carbocycles. The van der Waals surface area contributed by atoms with Crippen LogP contribution in [0.3, 0.4) is 0 Å². The van der Waals surface area contributed by atoms with Gasteiger partial charge in [-0.3, -0.25) is 15.6 Å². The third kappa shape index (κ3) is 3.73. The van der Waals surface area contributed by atoms with Crippen LogP contribution < -0.4 is 30.5 Å². The Balaban J connectivity index is 1.53. The first-order valence-corrected chi connectivity index (χ1v) is 9.66. The molecular formula is C21H25FN4O3. The van der Waals surface area contributed by atoms with Gasteiger partial charge >= 0.3 is 0 Å². The number of methoxy groups -OCH3 is 2. The van der Waals surface area contributed by atoms with E-state index in [1.54, 1.807) is 24.1 Å². The van der Waals surface area contributed by atoms with Crippen molar-refractivity contribution < 1.29 is 18.7 Å². The van der Waals surface area contributed by atoms with Crippen LogP contribution in [-0.2, 0) is 4.79 Å². The van der Waals surface area contributed by atoms with Gasteiger partial charge in [0, 0.05) is 37.3 Å². The molecule has 1 amide bonds. The molecule has 154 valence electrons.